The van der Waals surface area contributed by atoms with Gasteiger partial charge in [-0.1, -0.05) is 48.5 Å². The van der Waals surface area contributed by atoms with Gasteiger partial charge < -0.3 is 0 Å². The molecule has 0 N–H and O–H groups in total. The minimum Gasteiger partial charge on any atom is -0.147 e. The van der Waals surface area contributed by atoms with Gasteiger partial charge in [0.25, 0.3) is 0 Å². The van der Waals surface area contributed by atoms with E-state index in [-0.39, 0.29) is 29.8 Å². The average Bonchev–Trinajstić information content (AvgIpc) is 2.05. The van der Waals surface area contributed by atoms with Gasteiger partial charge in [0.05, 0.1) is 0 Å². The highest BCUT2D eigenvalue weighted by Gasteiger charge is 1.85. The first kappa shape index (κ1) is 11.5. The van der Waals surface area contributed by atoms with Crippen LogP contribution < -0.4 is 0 Å². The van der Waals surface area contributed by atoms with E-state index in [0.29, 0.717) is 0 Å². The van der Waals surface area contributed by atoms with Crippen molar-refractivity contribution in [2.75, 3.05) is 0 Å². The van der Waals surface area contributed by atoms with Gasteiger partial charge in [0, 0.05) is 0 Å². The molecule has 0 spiro atoms. The smallest absolute Gasteiger partial charge is 0.147 e. The molecule has 0 radical (unpaired) electrons. The number of hydrogen-bond acceptors (Lipinski definition) is 0. The quantitative estimate of drug-likeness (QED) is 0.564. The molecule has 0 aliphatic rings. The molecular weight excluding hydrogens is 183 g/mol. The SMILES string of the molecule is Cl.[AlH3].c1ccc2ccccc2c1. The summed E-state index contributed by atoms with van der Waals surface area (Å²) in [5, 5.41) is 2.62. The largest absolute Gasteiger partial charge is 0.187 e. The van der Waals surface area contributed by atoms with Crippen molar-refractivity contribution in [3.63, 3.8) is 0 Å². The van der Waals surface area contributed by atoms with Gasteiger partial charge in [0.1, 0.15) is 0 Å². The van der Waals surface area contributed by atoms with E-state index >= 15 is 0 Å². The molecule has 0 unspecified atom stereocenters. The monoisotopic (exact) mass is 194 g/mol. The van der Waals surface area contributed by atoms with Crippen LogP contribution in [0.1, 0.15) is 0 Å². The fourth-order valence-corrected chi connectivity index (χ4v) is 1.13. The third-order valence-corrected chi connectivity index (χ3v) is 1.66. The van der Waals surface area contributed by atoms with Crippen LogP contribution in [0.5, 0.6) is 0 Å². The first-order valence-electron chi connectivity index (χ1n) is 3.40. The number of hydrogen-bond donors (Lipinski definition) is 0. The lowest BCUT2D eigenvalue weighted by Gasteiger charge is -1.92. The number of fused-ring (bicyclic) bond motifs is 1. The summed E-state index contributed by atoms with van der Waals surface area (Å²) in [7, 11) is 0. The van der Waals surface area contributed by atoms with Crippen molar-refractivity contribution in [1.82, 2.24) is 0 Å². The molecule has 0 nitrogen and oxygen atoms in total. The number of rotatable bonds is 0. The van der Waals surface area contributed by atoms with Crippen LogP contribution in [-0.2, 0) is 0 Å². The summed E-state index contributed by atoms with van der Waals surface area (Å²) in [6.07, 6.45) is 0. The zero-order valence-electron chi connectivity index (χ0n) is 6.03. The highest BCUT2D eigenvalue weighted by molar-refractivity contribution is 5.85. The van der Waals surface area contributed by atoms with E-state index in [9.17, 15) is 0 Å². The normalized spacial score (nSPS) is 8.33. The predicted octanol–water partition coefficient (Wildman–Crippen LogP) is 2.08. The Morgan fingerprint density at radius 3 is 1.08 bits per heavy atom. The first-order valence-corrected chi connectivity index (χ1v) is 3.40. The number of halogens is 1. The molecule has 2 rings (SSSR count). The highest BCUT2D eigenvalue weighted by atomic mass is 35.5. The van der Waals surface area contributed by atoms with Gasteiger partial charge in [-0.15, -0.1) is 12.4 Å². The van der Waals surface area contributed by atoms with Crippen LogP contribution in [0.2, 0.25) is 0 Å². The van der Waals surface area contributed by atoms with Crippen molar-refractivity contribution in [3.8, 4) is 0 Å². The van der Waals surface area contributed by atoms with Crippen molar-refractivity contribution < 1.29 is 0 Å². The lowest BCUT2D eigenvalue weighted by atomic mass is 10.1. The minimum atomic E-state index is 0. The Hall–Kier alpha value is -0.478. The van der Waals surface area contributed by atoms with Gasteiger partial charge >= 0.3 is 0 Å². The first-order chi connectivity index (χ1) is 4.97. The second kappa shape index (κ2) is 5.22. The maximum Gasteiger partial charge on any atom is 0.187 e. The maximum absolute atomic E-state index is 2.12. The zero-order valence-corrected chi connectivity index (χ0v) is 6.84. The van der Waals surface area contributed by atoms with Crippen LogP contribution in [-0.4, -0.2) is 17.4 Å². The molecule has 62 valence electrons. The molecule has 0 aliphatic heterocycles. The average molecular weight is 195 g/mol. The van der Waals surface area contributed by atoms with Crippen LogP contribution >= 0.6 is 12.4 Å². The van der Waals surface area contributed by atoms with E-state index in [2.05, 4.69) is 48.5 Å². The topological polar surface area (TPSA) is 0 Å². The van der Waals surface area contributed by atoms with E-state index < -0.39 is 0 Å². The zero-order chi connectivity index (χ0) is 6.81. The van der Waals surface area contributed by atoms with Crippen molar-refractivity contribution in [1.29, 1.82) is 0 Å². The Kier molecular flexibility index (Phi) is 5.01. The summed E-state index contributed by atoms with van der Waals surface area (Å²) < 4.78 is 0. The van der Waals surface area contributed by atoms with Crippen molar-refractivity contribution in [2.24, 2.45) is 0 Å². The summed E-state index contributed by atoms with van der Waals surface area (Å²) in [4.78, 5) is 0. The molecule has 0 bridgehead atoms. The van der Waals surface area contributed by atoms with E-state index in [1.54, 1.807) is 0 Å². The Bertz CT molecular complexity index is 281. The fourth-order valence-electron chi connectivity index (χ4n) is 1.13. The van der Waals surface area contributed by atoms with Crippen molar-refractivity contribution in [3.05, 3.63) is 48.5 Å². The second-order valence-corrected chi connectivity index (χ2v) is 2.35. The fraction of sp³-hybridized carbons (Fsp3) is 0. The van der Waals surface area contributed by atoms with E-state index in [0.717, 1.165) is 0 Å². The standard InChI is InChI=1S/C10H8.Al.ClH.3H/c1-2-6-10-8-4-3-7-9(10)5-1;;;;;/h1-8H;;1H;;;. The Labute approximate surface area is 89.1 Å². The van der Waals surface area contributed by atoms with Gasteiger partial charge in [-0.3, -0.25) is 0 Å². The molecular formula is C10H12AlCl. The third kappa shape index (κ3) is 2.25. The Balaban J connectivity index is 0.000000605. The van der Waals surface area contributed by atoms with Crippen LogP contribution in [0, 0.1) is 0 Å². The third-order valence-electron chi connectivity index (χ3n) is 1.66. The lowest BCUT2D eigenvalue weighted by molar-refractivity contribution is 1.75. The molecule has 2 aromatic rings. The Morgan fingerprint density at radius 1 is 0.583 bits per heavy atom. The highest BCUT2D eigenvalue weighted by Crippen LogP contribution is 2.11. The summed E-state index contributed by atoms with van der Waals surface area (Å²) in [5.41, 5.74) is 0. The van der Waals surface area contributed by atoms with Gasteiger partial charge in [-0.2, -0.15) is 0 Å². The molecule has 0 saturated carbocycles. The summed E-state index contributed by atoms with van der Waals surface area (Å²) >= 11 is 0. The van der Waals surface area contributed by atoms with Crippen LogP contribution in [0.4, 0.5) is 0 Å². The van der Waals surface area contributed by atoms with Crippen LogP contribution in [0.15, 0.2) is 48.5 Å². The molecule has 0 aromatic heterocycles. The Morgan fingerprint density at radius 2 is 0.833 bits per heavy atom. The number of benzene rings is 2. The van der Waals surface area contributed by atoms with Crippen molar-refractivity contribution >= 4 is 40.5 Å². The minimum absolute atomic E-state index is 0. The van der Waals surface area contributed by atoms with E-state index in [1.165, 1.54) is 10.8 Å². The summed E-state index contributed by atoms with van der Waals surface area (Å²) in [5.74, 6) is 0. The van der Waals surface area contributed by atoms with E-state index in [4.69, 9.17) is 0 Å². The van der Waals surface area contributed by atoms with Crippen molar-refractivity contribution in [2.45, 2.75) is 0 Å². The molecule has 0 aliphatic carbocycles. The molecule has 2 heteroatoms. The van der Waals surface area contributed by atoms with Gasteiger partial charge in [-0.05, 0) is 10.8 Å². The molecule has 0 atom stereocenters. The van der Waals surface area contributed by atoms with Gasteiger partial charge in [0.15, 0.2) is 17.4 Å². The van der Waals surface area contributed by atoms with E-state index in [1.807, 2.05) is 0 Å². The molecule has 0 heterocycles. The lowest BCUT2D eigenvalue weighted by Crippen LogP contribution is -1.67. The molecule has 2 aromatic carbocycles. The molecule has 12 heavy (non-hydrogen) atoms. The second-order valence-electron chi connectivity index (χ2n) is 2.35. The summed E-state index contributed by atoms with van der Waals surface area (Å²) in [6.45, 7) is 0. The van der Waals surface area contributed by atoms with Gasteiger partial charge in [-0.25, -0.2) is 0 Å². The molecule has 0 amide bonds. The van der Waals surface area contributed by atoms with Crippen LogP contribution in [0.25, 0.3) is 10.8 Å². The molecule has 0 saturated heterocycles. The van der Waals surface area contributed by atoms with Gasteiger partial charge in [0.2, 0.25) is 0 Å². The van der Waals surface area contributed by atoms with Crippen LogP contribution in [0.3, 0.4) is 0 Å². The maximum atomic E-state index is 2.12. The summed E-state index contributed by atoms with van der Waals surface area (Å²) in [6, 6.07) is 16.7. The predicted molar refractivity (Wildman–Crippen MR) is 61.1 cm³/mol. The molecule has 0 fully saturated rings.